The van der Waals surface area contributed by atoms with Crippen molar-refractivity contribution in [2.75, 3.05) is 26.2 Å². The molecule has 1 unspecified atom stereocenters. The lowest BCUT2D eigenvalue weighted by Crippen LogP contribution is -2.45. The lowest BCUT2D eigenvalue weighted by Gasteiger charge is -2.32. The molecule has 0 amide bonds. The molecule has 2 rings (SSSR count). The second-order valence-electron chi connectivity index (χ2n) is 4.62. The number of ether oxygens (including phenoxy) is 2. The molecule has 112 valence electrons. The molecular formula is C13H17F3N2O2. The molecule has 1 saturated heterocycles. The number of para-hydroxylation sites is 1. The van der Waals surface area contributed by atoms with Crippen molar-refractivity contribution in [2.24, 2.45) is 5.73 Å². The maximum Gasteiger partial charge on any atom is 0.573 e. The summed E-state index contributed by atoms with van der Waals surface area (Å²) in [6.07, 6.45) is -4.75. The Morgan fingerprint density at radius 1 is 1.35 bits per heavy atom. The van der Waals surface area contributed by atoms with Crippen molar-refractivity contribution in [3.05, 3.63) is 29.8 Å². The summed E-state index contributed by atoms with van der Waals surface area (Å²) in [5, 5.41) is 0. The fourth-order valence-electron chi connectivity index (χ4n) is 2.17. The smallest absolute Gasteiger partial charge is 0.405 e. The quantitative estimate of drug-likeness (QED) is 0.917. The van der Waals surface area contributed by atoms with E-state index in [2.05, 4.69) is 4.74 Å². The van der Waals surface area contributed by atoms with Crippen LogP contribution in [0.2, 0.25) is 0 Å². The third-order valence-electron chi connectivity index (χ3n) is 3.08. The topological polar surface area (TPSA) is 47.7 Å². The average molecular weight is 290 g/mol. The fourth-order valence-corrected chi connectivity index (χ4v) is 2.17. The number of hydrogen-bond acceptors (Lipinski definition) is 4. The Morgan fingerprint density at radius 2 is 2.10 bits per heavy atom. The minimum Gasteiger partial charge on any atom is -0.405 e. The molecule has 1 aliphatic heterocycles. The van der Waals surface area contributed by atoms with Gasteiger partial charge in [0.2, 0.25) is 0 Å². The van der Waals surface area contributed by atoms with Gasteiger partial charge in [-0.2, -0.15) is 0 Å². The van der Waals surface area contributed by atoms with Crippen LogP contribution in [-0.2, 0) is 11.3 Å². The molecule has 0 spiro atoms. The Morgan fingerprint density at radius 3 is 2.80 bits per heavy atom. The van der Waals surface area contributed by atoms with Crippen molar-refractivity contribution >= 4 is 0 Å². The average Bonchev–Trinajstić information content (AvgIpc) is 2.40. The number of rotatable bonds is 4. The molecule has 4 nitrogen and oxygen atoms in total. The molecule has 1 fully saturated rings. The van der Waals surface area contributed by atoms with Gasteiger partial charge < -0.3 is 15.2 Å². The van der Waals surface area contributed by atoms with Gasteiger partial charge in [0, 0.05) is 31.7 Å². The van der Waals surface area contributed by atoms with E-state index in [-0.39, 0.29) is 11.9 Å². The molecule has 7 heteroatoms. The van der Waals surface area contributed by atoms with Gasteiger partial charge in [-0.15, -0.1) is 13.2 Å². The van der Waals surface area contributed by atoms with Crippen molar-refractivity contribution in [3.8, 4) is 5.75 Å². The SMILES string of the molecule is NCC1CN(Cc2ccccc2OC(F)(F)F)CCO1. The van der Waals surface area contributed by atoms with Gasteiger partial charge in [0.05, 0.1) is 12.7 Å². The maximum atomic E-state index is 12.3. The summed E-state index contributed by atoms with van der Waals surface area (Å²) in [6.45, 7) is 2.58. The highest BCUT2D eigenvalue weighted by Gasteiger charge is 2.32. The van der Waals surface area contributed by atoms with Gasteiger partial charge in [-0.3, -0.25) is 4.90 Å². The Kier molecular flexibility index (Phi) is 4.85. The van der Waals surface area contributed by atoms with Crippen LogP contribution in [-0.4, -0.2) is 43.6 Å². The van der Waals surface area contributed by atoms with Gasteiger partial charge in [0.25, 0.3) is 0 Å². The van der Waals surface area contributed by atoms with Crippen molar-refractivity contribution in [1.82, 2.24) is 4.90 Å². The molecule has 2 N–H and O–H groups in total. The molecule has 20 heavy (non-hydrogen) atoms. The molecule has 1 aliphatic rings. The van der Waals surface area contributed by atoms with E-state index in [0.717, 1.165) is 0 Å². The predicted octanol–water partition coefficient (Wildman–Crippen LogP) is 1.74. The number of hydrogen-bond donors (Lipinski definition) is 1. The summed E-state index contributed by atoms with van der Waals surface area (Å²) < 4.78 is 46.5. The summed E-state index contributed by atoms with van der Waals surface area (Å²) in [7, 11) is 0. The van der Waals surface area contributed by atoms with Gasteiger partial charge in [0.1, 0.15) is 5.75 Å². The molecule has 0 radical (unpaired) electrons. The summed E-state index contributed by atoms with van der Waals surface area (Å²) in [5.74, 6) is -0.157. The number of nitrogens with zero attached hydrogens (tertiary/aromatic N) is 1. The molecule has 0 saturated carbocycles. The minimum atomic E-state index is -4.68. The van der Waals surface area contributed by atoms with Crippen LogP contribution in [0.25, 0.3) is 0 Å². The number of nitrogens with two attached hydrogens (primary N) is 1. The van der Waals surface area contributed by atoms with Crippen molar-refractivity contribution in [3.63, 3.8) is 0 Å². The highest BCUT2D eigenvalue weighted by Crippen LogP contribution is 2.27. The maximum absolute atomic E-state index is 12.3. The monoisotopic (exact) mass is 290 g/mol. The van der Waals surface area contributed by atoms with E-state index >= 15 is 0 Å². The lowest BCUT2D eigenvalue weighted by molar-refractivity contribution is -0.275. The molecule has 0 aromatic heterocycles. The predicted molar refractivity (Wildman–Crippen MR) is 67.2 cm³/mol. The van der Waals surface area contributed by atoms with Gasteiger partial charge in [-0.25, -0.2) is 0 Å². The van der Waals surface area contributed by atoms with Crippen LogP contribution < -0.4 is 10.5 Å². The van der Waals surface area contributed by atoms with E-state index in [0.29, 0.717) is 38.3 Å². The number of halogens is 3. The molecule has 1 heterocycles. The Bertz CT molecular complexity index is 440. The first-order valence-corrected chi connectivity index (χ1v) is 6.35. The molecule has 0 bridgehead atoms. The standard InChI is InChI=1S/C13H17F3N2O2/c14-13(15,16)20-12-4-2-1-3-10(12)8-18-5-6-19-11(7-17)9-18/h1-4,11H,5-9,17H2. The molecule has 1 atom stereocenters. The van der Waals surface area contributed by atoms with E-state index in [4.69, 9.17) is 10.5 Å². The first kappa shape index (κ1) is 15.1. The third-order valence-corrected chi connectivity index (χ3v) is 3.08. The lowest BCUT2D eigenvalue weighted by atomic mass is 10.1. The summed E-state index contributed by atoms with van der Waals surface area (Å²) >= 11 is 0. The highest BCUT2D eigenvalue weighted by molar-refractivity contribution is 5.33. The van der Waals surface area contributed by atoms with Crippen molar-refractivity contribution in [1.29, 1.82) is 0 Å². The number of benzene rings is 1. The van der Waals surface area contributed by atoms with Gasteiger partial charge >= 0.3 is 6.36 Å². The fraction of sp³-hybridized carbons (Fsp3) is 0.538. The normalized spacial score (nSPS) is 20.9. The summed E-state index contributed by atoms with van der Waals surface area (Å²) in [4.78, 5) is 2.01. The largest absolute Gasteiger partial charge is 0.573 e. The van der Waals surface area contributed by atoms with Crippen LogP contribution in [0.5, 0.6) is 5.75 Å². The molecule has 0 aliphatic carbocycles. The zero-order valence-electron chi connectivity index (χ0n) is 10.9. The Labute approximate surface area is 115 Å². The number of morpholine rings is 1. The zero-order valence-corrected chi connectivity index (χ0v) is 10.9. The van der Waals surface area contributed by atoms with Crippen LogP contribution >= 0.6 is 0 Å². The van der Waals surface area contributed by atoms with Gasteiger partial charge in [0.15, 0.2) is 0 Å². The van der Waals surface area contributed by atoms with E-state index in [9.17, 15) is 13.2 Å². The molecule has 1 aromatic carbocycles. The first-order chi connectivity index (χ1) is 9.48. The van der Waals surface area contributed by atoms with E-state index < -0.39 is 6.36 Å². The Balaban J connectivity index is 2.05. The van der Waals surface area contributed by atoms with E-state index in [1.807, 2.05) is 4.90 Å². The van der Waals surface area contributed by atoms with Crippen LogP contribution in [0.15, 0.2) is 24.3 Å². The van der Waals surface area contributed by atoms with Crippen molar-refractivity contribution < 1.29 is 22.6 Å². The first-order valence-electron chi connectivity index (χ1n) is 6.35. The molecule has 1 aromatic rings. The van der Waals surface area contributed by atoms with Crippen molar-refractivity contribution in [2.45, 2.75) is 19.0 Å². The second kappa shape index (κ2) is 6.43. The second-order valence-corrected chi connectivity index (χ2v) is 4.62. The molecular weight excluding hydrogens is 273 g/mol. The van der Waals surface area contributed by atoms with E-state index in [1.165, 1.54) is 12.1 Å². The Hall–Kier alpha value is -1.31. The van der Waals surface area contributed by atoms with Crippen LogP contribution in [0.1, 0.15) is 5.56 Å². The van der Waals surface area contributed by atoms with Crippen LogP contribution in [0.4, 0.5) is 13.2 Å². The van der Waals surface area contributed by atoms with E-state index in [1.54, 1.807) is 12.1 Å². The van der Waals surface area contributed by atoms with Crippen LogP contribution in [0, 0.1) is 0 Å². The summed E-state index contributed by atoms with van der Waals surface area (Å²) in [6, 6.07) is 6.17. The number of alkyl halides is 3. The zero-order chi connectivity index (χ0) is 14.6. The third kappa shape index (κ3) is 4.36. The minimum absolute atomic E-state index is 0.0700. The van der Waals surface area contributed by atoms with Gasteiger partial charge in [-0.05, 0) is 6.07 Å². The highest BCUT2D eigenvalue weighted by atomic mass is 19.4. The van der Waals surface area contributed by atoms with Crippen LogP contribution in [0.3, 0.4) is 0 Å². The van der Waals surface area contributed by atoms with Gasteiger partial charge in [-0.1, -0.05) is 18.2 Å². The summed E-state index contributed by atoms with van der Waals surface area (Å²) in [5.41, 5.74) is 6.05.